The van der Waals surface area contributed by atoms with E-state index in [-0.39, 0.29) is 34.2 Å². The molecule has 6 heteroatoms. The number of carbonyl (C=O) groups excluding carboxylic acids is 2. The number of rotatable bonds is 4. The van der Waals surface area contributed by atoms with Gasteiger partial charge in [-0.2, -0.15) is 0 Å². The van der Waals surface area contributed by atoms with Crippen LogP contribution in [0.3, 0.4) is 0 Å². The number of carbonyl (C=O) groups is 2. The number of hydrogen-bond donors (Lipinski definition) is 4. The SMILES string of the molecule is O=C1c2ccccc2C(=O)c2c(Nc3cccc(O)c3)ccc(Nc3cccc(O)c3)c21. The summed E-state index contributed by atoms with van der Waals surface area (Å²) in [6.07, 6.45) is 0. The highest BCUT2D eigenvalue weighted by atomic mass is 16.3. The van der Waals surface area contributed by atoms with E-state index in [0.717, 1.165) is 0 Å². The number of nitrogens with one attached hydrogen (secondary N) is 2. The van der Waals surface area contributed by atoms with Crippen LogP contribution in [0.15, 0.2) is 84.9 Å². The van der Waals surface area contributed by atoms with Crippen molar-refractivity contribution in [1.82, 2.24) is 0 Å². The van der Waals surface area contributed by atoms with E-state index in [0.29, 0.717) is 33.9 Å². The number of anilines is 4. The molecule has 0 saturated carbocycles. The van der Waals surface area contributed by atoms with Crippen molar-refractivity contribution < 1.29 is 19.8 Å². The smallest absolute Gasteiger partial charge is 0.196 e. The molecule has 156 valence electrons. The summed E-state index contributed by atoms with van der Waals surface area (Å²) in [5, 5.41) is 25.9. The van der Waals surface area contributed by atoms with Crippen LogP contribution in [0.25, 0.3) is 0 Å². The Kier molecular flexibility index (Phi) is 4.60. The fourth-order valence-electron chi connectivity index (χ4n) is 3.91. The molecule has 0 aromatic heterocycles. The molecular weight excluding hydrogens is 404 g/mol. The lowest BCUT2D eigenvalue weighted by atomic mass is 9.82. The van der Waals surface area contributed by atoms with Crippen LogP contribution in [0.4, 0.5) is 22.7 Å². The first-order valence-corrected chi connectivity index (χ1v) is 9.99. The number of phenolic OH excluding ortho intramolecular Hbond substituents is 2. The van der Waals surface area contributed by atoms with Crippen LogP contribution in [-0.2, 0) is 0 Å². The van der Waals surface area contributed by atoms with E-state index in [1.807, 2.05) is 0 Å². The topological polar surface area (TPSA) is 98.7 Å². The van der Waals surface area contributed by atoms with Crippen molar-refractivity contribution in [3.05, 3.63) is 107 Å². The second-order valence-corrected chi connectivity index (χ2v) is 7.47. The van der Waals surface area contributed by atoms with Gasteiger partial charge in [0.15, 0.2) is 11.6 Å². The molecule has 32 heavy (non-hydrogen) atoms. The van der Waals surface area contributed by atoms with E-state index in [1.165, 1.54) is 12.1 Å². The van der Waals surface area contributed by atoms with E-state index in [1.54, 1.807) is 72.8 Å². The molecule has 5 rings (SSSR count). The van der Waals surface area contributed by atoms with Gasteiger partial charge >= 0.3 is 0 Å². The molecule has 0 atom stereocenters. The van der Waals surface area contributed by atoms with Gasteiger partial charge in [-0.15, -0.1) is 0 Å². The predicted octanol–water partition coefficient (Wildman–Crippen LogP) is 5.36. The number of fused-ring (bicyclic) bond motifs is 2. The molecule has 0 spiro atoms. The maximum Gasteiger partial charge on any atom is 0.196 e. The molecule has 0 unspecified atom stereocenters. The first-order chi connectivity index (χ1) is 15.5. The first kappa shape index (κ1) is 19.4. The lowest BCUT2D eigenvalue weighted by molar-refractivity contribution is 0.0980. The second-order valence-electron chi connectivity index (χ2n) is 7.47. The summed E-state index contributed by atoms with van der Waals surface area (Å²) >= 11 is 0. The van der Waals surface area contributed by atoms with E-state index in [9.17, 15) is 19.8 Å². The van der Waals surface area contributed by atoms with Crippen LogP contribution in [0, 0.1) is 0 Å². The summed E-state index contributed by atoms with van der Waals surface area (Å²) < 4.78 is 0. The first-order valence-electron chi connectivity index (χ1n) is 9.99. The van der Waals surface area contributed by atoms with Crippen LogP contribution < -0.4 is 10.6 Å². The molecular formula is C26H18N2O4. The van der Waals surface area contributed by atoms with Crippen molar-refractivity contribution in [1.29, 1.82) is 0 Å². The summed E-state index contributed by atoms with van der Waals surface area (Å²) in [6.45, 7) is 0. The van der Waals surface area contributed by atoms with Crippen LogP contribution in [0.2, 0.25) is 0 Å². The van der Waals surface area contributed by atoms with Gasteiger partial charge in [-0.3, -0.25) is 9.59 Å². The molecule has 4 aromatic carbocycles. The lowest BCUT2D eigenvalue weighted by Crippen LogP contribution is -2.23. The lowest BCUT2D eigenvalue weighted by Gasteiger charge is -2.24. The zero-order chi connectivity index (χ0) is 22.2. The minimum atomic E-state index is -0.266. The highest BCUT2D eigenvalue weighted by Crippen LogP contribution is 2.39. The number of hydrogen-bond acceptors (Lipinski definition) is 6. The Morgan fingerprint density at radius 2 is 0.969 bits per heavy atom. The third-order valence-electron chi connectivity index (χ3n) is 5.33. The van der Waals surface area contributed by atoms with Crippen molar-refractivity contribution in [3.8, 4) is 11.5 Å². The molecule has 0 heterocycles. The third-order valence-corrected chi connectivity index (χ3v) is 5.33. The molecule has 1 aliphatic rings. The Morgan fingerprint density at radius 3 is 1.38 bits per heavy atom. The largest absolute Gasteiger partial charge is 0.508 e. The van der Waals surface area contributed by atoms with Gasteiger partial charge in [-0.1, -0.05) is 36.4 Å². The van der Waals surface area contributed by atoms with E-state index >= 15 is 0 Å². The van der Waals surface area contributed by atoms with Gasteiger partial charge in [0.1, 0.15) is 11.5 Å². The zero-order valence-electron chi connectivity index (χ0n) is 16.8. The number of aromatic hydroxyl groups is 2. The van der Waals surface area contributed by atoms with Crippen molar-refractivity contribution >= 4 is 34.3 Å². The summed E-state index contributed by atoms with van der Waals surface area (Å²) in [5.74, 6) is -0.368. The van der Waals surface area contributed by atoms with Gasteiger partial charge in [-0.05, 0) is 36.4 Å². The molecule has 0 radical (unpaired) electrons. The average Bonchev–Trinajstić information content (AvgIpc) is 2.78. The third kappa shape index (κ3) is 3.33. The number of benzene rings is 4. The fraction of sp³-hybridized carbons (Fsp3) is 0. The summed E-state index contributed by atoms with van der Waals surface area (Å²) in [5.41, 5.74) is 3.28. The highest BCUT2D eigenvalue weighted by Gasteiger charge is 2.34. The normalized spacial score (nSPS) is 12.1. The van der Waals surface area contributed by atoms with E-state index in [4.69, 9.17) is 0 Å². The van der Waals surface area contributed by atoms with E-state index in [2.05, 4.69) is 10.6 Å². The second kappa shape index (κ2) is 7.59. The van der Waals surface area contributed by atoms with E-state index < -0.39 is 0 Å². The fourth-order valence-corrected chi connectivity index (χ4v) is 3.91. The molecule has 4 N–H and O–H groups in total. The molecule has 1 aliphatic carbocycles. The van der Waals surface area contributed by atoms with Crippen molar-refractivity contribution in [2.45, 2.75) is 0 Å². The maximum atomic E-state index is 13.5. The maximum absolute atomic E-state index is 13.5. The van der Waals surface area contributed by atoms with Crippen molar-refractivity contribution in [3.63, 3.8) is 0 Å². The Morgan fingerprint density at radius 1 is 0.531 bits per heavy atom. The Balaban J connectivity index is 1.68. The molecule has 0 saturated heterocycles. The van der Waals surface area contributed by atoms with Gasteiger partial charge < -0.3 is 20.8 Å². The monoisotopic (exact) mass is 422 g/mol. The highest BCUT2D eigenvalue weighted by molar-refractivity contribution is 6.32. The van der Waals surface area contributed by atoms with Crippen LogP contribution >= 0.6 is 0 Å². The zero-order valence-corrected chi connectivity index (χ0v) is 16.8. The van der Waals surface area contributed by atoms with Crippen LogP contribution in [0.5, 0.6) is 11.5 Å². The minimum absolute atomic E-state index is 0.0822. The summed E-state index contributed by atoms with van der Waals surface area (Å²) in [7, 11) is 0. The van der Waals surface area contributed by atoms with Gasteiger partial charge in [-0.25, -0.2) is 0 Å². The minimum Gasteiger partial charge on any atom is -0.508 e. The molecule has 0 amide bonds. The van der Waals surface area contributed by atoms with Gasteiger partial charge in [0.2, 0.25) is 0 Å². The van der Waals surface area contributed by atoms with Gasteiger partial charge in [0, 0.05) is 34.6 Å². The summed E-state index contributed by atoms with van der Waals surface area (Å²) in [6, 6.07) is 23.2. The van der Waals surface area contributed by atoms with Gasteiger partial charge in [0.05, 0.1) is 22.5 Å². The molecule has 0 aliphatic heterocycles. The summed E-state index contributed by atoms with van der Waals surface area (Å²) in [4.78, 5) is 27.0. The van der Waals surface area contributed by atoms with Crippen molar-refractivity contribution in [2.75, 3.05) is 10.6 Å². The Hall–Kier alpha value is -4.58. The Bertz CT molecular complexity index is 1290. The standard InChI is InChI=1S/C26H18N2O4/c29-17-7-3-5-15(13-17)27-21-11-12-22(28-16-6-4-8-18(30)14-16)24-23(21)25(31)19-9-1-2-10-20(19)26(24)32/h1-14,27-30H. The predicted molar refractivity (Wildman–Crippen MR) is 123 cm³/mol. The number of ketones is 2. The number of phenols is 2. The quantitative estimate of drug-likeness (QED) is 0.311. The van der Waals surface area contributed by atoms with Crippen molar-refractivity contribution in [2.24, 2.45) is 0 Å². The molecule has 0 bridgehead atoms. The average molecular weight is 422 g/mol. The Labute approximate surface area is 183 Å². The van der Waals surface area contributed by atoms with Crippen LogP contribution in [0.1, 0.15) is 31.8 Å². The molecule has 4 aromatic rings. The molecule has 0 fully saturated rings. The van der Waals surface area contributed by atoms with Crippen LogP contribution in [-0.4, -0.2) is 21.8 Å². The van der Waals surface area contributed by atoms with Gasteiger partial charge in [0.25, 0.3) is 0 Å². The molecule has 6 nitrogen and oxygen atoms in total.